The summed E-state index contributed by atoms with van der Waals surface area (Å²) < 4.78 is 5.54. The number of aryl methyl sites for hydroxylation is 2. The minimum absolute atomic E-state index is 0.270. The molecule has 0 saturated heterocycles. The van der Waals surface area contributed by atoms with Crippen LogP contribution in [-0.2, 0) is 12.8 Å². The fourth-order valence-electron chi connectivity index (χ4n) is 2.01. The lowest BCUT2D eigenvalue weighted by Crippen LogP contribution is -1.92. The van der Waals surface area contributed by atoms with Crippen molar-refractivity contribution in [3.05, 3.63) is 28.8 Å². The predicted molar refractivity (Wildman–Crippen MR) is 55.8 cm³/mol. The van der Waals surface area contributed by atoms with Crippen molar-refractivity contribution in [3.8, 4) is 5.75 Å². The van der Waals surface area contributed by atoms with E-state index in [4.69, 9.17) is 9.84 Å². The van der Waals surface area contributed by atoms with Gasteiger partial charge in [0, 0.05) is 13.0 Å². The molecule has 0 aliphatic carbocycles. The Balaban J connectivity index is 2.23. The van der Waals surface area contributed by atoms with E-state index in [9.17, 15) is 0 Å². The molecule has 0 saturated carbocycles. The summed E-state index contributed by atoms with van der Waals surface area (Å²) in [4.78, 5) is 0. The van der Waals surface area contributed by atoms with Crippen LogP contribution in [-0.4, -0.2) is 18.3 Å². The average Bonchev–Trinajstić information content (AvgIpc) is 2.63. The number of rotatable bonds is 3. The first kappa shape index (κ1) is 9.53. The van der Waals surface area contributed by atoms with Crippen molar-refractivity contribution < 1.29 is 9.84 Å². The van der Waals surface area contributed by atoms with Crippen LogP contribution in [0.5, 0.6) is 5.75 Å². The minimum Gasteiger partial charge on any atom is -0.493 e. The Morgan fingerprint density at radius 2 is 2.29 bits per heavy atom. The molecule has 2 rings (SSSR count). The van der Waals surface area contributed by atoms with Crippen LogP contribution in [0.15, 0.2) is 12.1 Å². The van der Waals surface area contributed by atoms with E-state index in [1.165, 1.54) is 16.7 Å². The van der Waals surface area contributed by atoms with Crippen molar-refractivity contribution in [1.29, 1.82) is 0 Å². The summed E-state index contributed by atoms with van der Waals surface area (Å²) in [5.41, 5.74) is 3.88. The number of ether oxygens (including phenoxy) is 1. The van der Waals surface area contributed by atoms with Gasteiger partial charge in [-0.15, -0.1) is 0 Å². The van der Waals surface area contributed by atoms with Crippen molar-refractivity contribution >= 4 is 0 Å². The molecule has 1 aliphatic heterocycles. The van der Waals surface area contributed by atoms with E-state index in [-0.39, 0.29) is 6.61 Å². The zero-order valence-corrected chi connectivity index (χ0v) is 8.55. The third-order valence-corrected chi connectivity index (χ3v) is 2.65. The second-order valence-electron chi connectivity index (χ2n) is 3.83. The number of fused-ring (bicyclic) bond motifs is 1. The molecule has 2 heteroatoms. The molecule has 0 radical (unpaired) electrons. The molecular weight excluding hydrogens is 176 g/mol. The van der Waals surface area contributed by atoms with E-state index in [0.717, 1.165) is 31.6 Å². The molecule has 1 heterocycles. The van der Waals surface area contributed by atoms with Gasteiger partial charge in [0.1, 0.15) is 5.75 Å². The first-order valence-electron chi connectivity index (χ1n) is 5.17. The maximum Gasteiger partial charge on any atom is 0.125 e. The zero-order valence-electron chi connectivity index (χ0n) is 8.55. The second-order valence-corrected chi connectivity index (χ2v) is 3.83. The minimum atomic E-state index is 0.270. The Labute approximate surface area is 84.5 Å². The normalized spacial score (nSPS) is 13.9. The summed E-state index contributed by atoms with van der Waals surface area (Å²) in [6.45, 7) is 3.18. The number of benzene rings is 1. The number of hydrogen-bond donors (Lipinski definition) is 1. The smallest absolute Gasteiger partial charge is 0.125 e. The molecule has 0 bridgehead atoms. The maximum atomic E-state index is 8.77. The number of hydrogen-bond acceptors (Lipinski definition) is 2. The fraction of sp³-hybridized carbons (Fsp3) is 0.500. The topological polar surface area (TPSA) is 29.5 Å². The van der Waals surface area contributed by atoms with Gasteiger partial charge in [0.25, 0.3) is 0 Å². The molecule has 1 aromatic carbocycles. The number of aliphatic hydroxyl groups is 1. The van der Waals surface area contributed by atoms with Crippen molar-refractivity contribution in [2.24, 2.45) is 0 Å². The highest BCUT2D eigenvalue weighted by atomic mass is 16.5. The standard InChI is InChI=1S/C12H16O2/c1-9-7-10(3-2-5-13)8-11-4-6-14-12(9)11/h7-8,13H,2-6H2,1H3. The average molecular weight is 192 g/mol. The Kier molecular flexibility index (Phi) is 2.73. The molecule has 1 aromatic rings. The Morgan fingerprint density at radius 3 is 3.07 bits per heavy atom. The summed E-state index contributed by atoms with van der Waals surface area (Å²) in [5, 5.41) is 8.77. The SMILES string of the molecule is Cc1cc(CCCO)cc2c1OCC2. The van der Waals surface area contributed by atoms with Crippen LogP contribution in [0, 0.1) is 6.92 Å². The van der Waals surface area contributed by atoms with Crippen molar-refractivity contribution in [2.45, 2.75) is 26.2 Å². The summed E-state index contributed by atoms with van der Waals surface area (Å²) in [6.07, 6.45) is 2.84. The van der Waals surface area contributed by atoms with Gasteiger partial charge in [-0.25, -0.2) is 0 Å². The molecular formula is C12H16O2. The number of aliphatic hydroxyl groups excluding tert-OH is 1. The molecule has 76 valence electrons. The lowest BCUT2D eigenvalue weighted by molar-refractivity contribution is 0.288. The van der Waals surface area contributed by atoms with Crippen LogP contribution in [0.3, 0.4) is 0 Å². The third kappa shape index (κ3) is 1.75. The summed E-state index contributed by atoms with van der Waals surface area (Å²) in [7, 11) is 0. The Morgan fingerprint density at radius 1 is 1.43 bits per heavy atom. The largest absolute Gasteiger partial charge is 0.493 e. The van der Waals surface area contributed by atoms with Crippen molar-refractivity contribution in [2.75, 3.05) is 13.2 Å². The summed E-state index contributed by atoms with van der Waals surface area (Å²) in [6, 6.07) is 4.38. The quantitative estimate of drug-likeness (QED) is 0.792. The monoisotopic (exact) mass is 192 g/mol. The van der Waals surface area contributed by atoms with E-state index in [2.05, 4.69) is 19.1 Å². The van der Waals surface area contributed by atoms with Crippen molar-refractivity contribution in [1.82, 2.24) is 0 Å². The first-order chi connectivity index (χ1) is 6.81. The predicted octanol–water partition coefficient (Wildman–Crippen LogP) is 1.85. The maximum absolute atomic E-state index is 8.77. The van der Waals surface area contributed by atoms with Crippen molar-refractivity contribution in [3.63, 3.8) is 0 Å². The second kappa shape index (κ2) is 4.01. The van der Waals surface area contributed by atoms with Crippen LogP contribution in [0.25, 0.3) is 0 Å². The lowest BCUT2D eigenvalue weighted by atomic mass is 10.0. The van der Waals surface area contributed by atoms with Crippen LogP contribution >= 0.6 is 0 Å². The molecule has 0 spiro atoms. The fourth-order valence-corrected chi connectivity index (χ4v) is 2.01. The lowest BCUT2D eigenvalue weighted by Gasteiger charge is -2.07. The van der Waals surface area contributed by atoms with E-state index in [1.807, 2.05) is 0 Å². The van der Waals surface area contributed by atoms with Gasteiger partial charge in [0.2, 0.25) is 0 Å². The van der Waals surface area contributed by atoms with Crippen LogP contribution in [0.4, 0.5) is 0 Å². The Hall–Kier alpha value is -1.02. The molecule has 0 atom stereocenters. The van der Waals surface area contributed by atoms with E-state index in [0.29, 0.717) is 0 Å². The molecule has 0 unspecified atom stereocenters. The van der Waals surface area contributed by atoms with Gasteiger partial charge in [-0.3, -0.25) is 0 Å². The van der Waals surface area contributed by atoms with Gasteiger partial charge < -0.3 is 9.84 Å². The summed E-state index contributed by atoms with van der Waals surface area (Å²) in [5.74, 6) is 1.08. The third-order valence-electron chi connectivity index (χ3n) is 2.65. The van der Waals surface area contributed by atoms with Gasteiger partial charge >= 0.3 is 0 Å². The Bertz CT molecular complexity index is 331. The highest BCUT2D eigenvalue weighted by Gasteiger charge is 2.15. The van der Waals surface area contributed by atoms with Gasteiger partial charge in [0.15, 0.2) is 0 Å². The van der Waals surface area contributed by atoms with Crippen LogP contribution < -0.4 is 4.74 Å². The van der Waals surface area contributed by atoms with Crippen LogP contribution in [0.2, 0.25) is 0 Å². The summed E-state index contributed by atoms with van der Waals surface area (Å²) >= 11 is 0. The highest BCUT2D eigenvalue weighted by molar-refractivity contribution is 5.46. The van der Waals surface area contributed by atoms with Gasteiger partial charge in [-0.1, -0.05) is 12.1 Å². The molecule has 0 amide bonds. The molecule has 1 N–H and O–H groups in total. The van der Waals surface area contributed by atoms with Crippen LogP contribution in [0.1, 0.15) is 23.1 Å². The zero-order chi connectivity index (χ0) is 9.97. The van der Waals surface area contributed by atoms with E-state index >= 15 is 0 Å². The van der Waals surface area contributed by atoms with Gasteiger partial charge in [0.05, 0.1) is 6.61 Å². The molecule has 2 nitrogen and oxygen atoms in total. The van der Waals surface area contributed by atoms with E-state index < -0.39 is 0 Å². The van der Waals surface area contributed by atoms with Gasteiger partial charge in [-0.2, -0.15) is 0 Å². The molecule has 14 heavy (non-hydrogen) atoms. The highest BCUT2D eigenvalue weighted by Crippen LogP contribution is 2.30. The molecule has 1 aliphatic rings. The van der Waals surface area contributed by atoms with E-state index in [1.54, 1.807) is 0 Å². The first-order valence-corrected chi connectivity index (χ1v) is 5.17. The molecule has 0 aromatic heterocycles. The van der Waals surface area contributed by atoms with Gasteiger partial charge in [-0.05, 0) is 36.5 Å². The molecule has 0 fully saturated rings.